The number of rotatable bonds is 7. The van der Waals surface area contributed by atoms with Crippen LogP contribution >= 0.6 is 0 Å². The summed E-state index contributed by atoms with van der Waals surface area (Å²) in [6.07, 6.45) is 1.47. The molecule has 0 aromatic heterocycles. The van der Waals surface area contributed by atoms with Crippen LogP contribution in [0.25, 0.3) is 0 Å². The third-order valence-electron chi connectivity index (χ3n) is 5.28. The molecular weight excluding hydrogens is 354 g/mol. The molecule has 148 valence electrons. The van der Waals surface area contributed by atoms with Gasteiger partial charge in [-0.3, -0.25) is 9.59 Å². The van der Waals surface area contributed by atoms with E-state index in [-0.39, 0.29) is 5.91 Å². The van der Waals surface area contributed by atoms with Gasteiger partial charge in [0.1, 0.15) is 0 Å². The molecule has 1 atom stereocenters. The molecule has 1 aliphatic rings. The van der Waals surface area contributed by atoms with Crippen molar-refractivity contribution in [2.45, 2.75) is 18.9 Å². The SMILES string of the molecule is NC(=O)c1cccc(C(=O)NCC2CCN(CC(O)c3ccccc3)CC2)c1. The first kappa shape index (κ1) is 20.0. The summed E-state index contributed by atoms with van der Waals surface area (Å²) < 4.78 is 0. The van der Waals surface area contributed by atoms with Crippen LogP contribution in [0.4, 0.5) is 0 Å². The number of nitrogens with two attached hydrogens (primary N) is 1. The van der Waals surface area contributed by atoms with Crippen molar-refractivity contribution in [3.63, 3.8) is 0 Å². The molecule has 3 rings (SSSR count). The van der Waals surface area contributed by atoms with Crippen LogP contribution in [0.5, 0.6) is 0 Å². The number of hydrogen-bond acceptors (Lipinski definition) is 4. The number of carbonyl (C=O) groups excluding carboxylic acids is 2. The second-order valence-electron chi connectivity index (χ2n) is 7.33. The van der Waals surface area contributed by atoms with E-state index in [1.165, 1.54) is 6.07 Å². The van der Waals surface area contributed by atoms with Crippen LogP contribution in [0.3, 0.4) is 0 Å². The molecule has 2 amide bonds. The molecule has 28 heavy (non-hydrogen) atoms. The normalized spacial score (nSPS) is 16.5. The quantitative estimate of drug-likeness (QED) is 0.683. The number of hydrogen-bond donors (Lipinski definition) is 3. The molecule has 0 saturated carbocycles. The van der Waals surface area contributed by atoms with Crippen molar-refractivity contribution in [1.82, 2.24) is 10.2 Å². The second-order valence-corrected chi connectivity index (χ2v) is 7.33. The molecule has 0 aliphatic carbocycles. The van der Waals surface area contributed by atoms with Crippen LogP contribution in [0, 0.1) is 5.92 Å². The number of aliphatic hydroxyl groups is 1. The van der Waals surface area contributed by atoms with Gasteiger partial charge in [-0.05, 0) is 55.6 Å². The molecule has 6 heteroatoms. The molecule has 1 fully saturated rings. The van der Waals surface area contributed by atoms with Crippen molar-refractivity contribution in [3.8, 4) is 0 Å². The maximum atomic E-state index is 12.3. The summed E-state index contributed by atoms with van der Waals surface area (Å²) in [5, 5.41) is 13.3. The van der Waals surface area contributed by atoms with Crippen molar-refractivity contribution >= 4 is 11.8 Å². The first-order chi connectivity index (χ1) is 13.5. The van der Waals surface area contributed by atoms with Crippen LogP contribution < -0.4 is 11.1 Å². The number of piperidine rings is 1. The Morgan fingerprint density at radius 1 is 1.07 bits per heavy atom. The number of likely N-dealkylation sites (tertiary alicyclic amines) is 1. The minimum atomic E-state index is -0.542. The zero-order chi connectivity index (χ0) is 19.9. The monoisotopic (exact) mass is 381 g/mol. The molecule has 0 bridgehead atoms. The van der Waals surface area contributed by atoms with Gasteiger partial charge in [0.15, 0.2) is 0 Å². The number of aliphatic hydroxyl groups excluding tert-OH is 1. The minimum absolute atomic E-state index is 0.190. The molecule has 1 heterocycles. The van der Waals surface area contributed by atoms with Crippen LogP contribution in [0.2, 0.25) is 0 Å². The smallest absolute Gasteiger partial charge is 0.251 e. The number of amides is 2. The molecular formula is C22H27N3O3. The van der Waals surface area contributed by atoms with E-state index in [0.717, 1.165) is 31.5 Å². The topological polar surface area (TPSA) is 95.7 Å². The van der Waals surface area contributed by atoms with Gasteiger partial charge in [0.2, 0.25) is 5.91 Å². The fraction of sp³-hybridized carbons (Fsp3) is 0.364. The summed E-state index contributed by atoms with van der Waals surface area (Å²) in [6, 6.07) is 16.2. The Bertz CT molecular complexity index is 802. The molecule has 1 saturated heterocycles. The van der Waals surface area contributed by atoms with Crippen LogP contribution in [0.1, 0.15) is 45.2 Å². The molecule has 2 aromatic rings. The number of nitrogens with one attached hydrogen (secondary N) is 1. The van der Waals surface area contributed by atoms with E-state index < -0.39 is 12.0 Å². The molecule has 0 radical (unpaired) electrons. The Morgan fingerprint density at radius 3 is 2.43 bits per heavy atom. The Hall–Kier alpha value is -2.70. The van der Waals surface area contributed by atoms with E-state index in [2.05, 4.69) is 10.2 Å². The van der Waals surface area contributed by atoms with Crippen molar-refractivity contribution in [3.05, 3.63) is 71.3 Å². The molecule has 0 spiro atoms. The van der Waals surface area contributed by atoms with Gasteiger partial charge in [0.05, 0.1) is 6.10 Å². The van der Waals surface area contributed by atoms with Crippen LogP contribution in [-0.2, 0) is 0 Å². The predicted molar refractivity (Wildman–Crippen MR) is 108 cm³/mol. The number of primary amides is 1. The van der Waals surface area contributed by atoms with Gasteiger partial charge in [0.25, 0.3) is 5.91 Å². The molecule has 2 aromatic carbocycles. The average molecular weight is 381 g/mol. The van der Waals surface area contributed by atoms with Crippen molar-refractivity contribution in [2.75, 3.05) is 26.2 Å². The Kier molecular flexibility index (Phi) is 6.79. The molecule has 1 aliphatic heterocycles. The van der Waals surface area contributed by atoms with Crippen LogP contribution in [0.15, 0.2) is 54.6 Å². The molecule has 6 nitrogen and oxygen atoms in total. The van der Waals surface area contributed by atoms with Gasteiger partial charge in [0, 0.05) is 24.2 Å². The zero-order valence-electron chi connectivity index (χ0n) is 15.9. The lowest BCUT2D eigenvalue weighted by atomic mass is 9.96. The van der Waals surface area contributed by atoms with E-state index in [1.54, 1.807) is 18.2 Å². The summed E-state index contributed by atoms with van der Waals surface area (Å²) in [7, 11) is 0. The molecule has 4 N–H and O–H groups in total. The lowest BCUT2D eigenvalue weighted by Crippen LogP contribution is -2.40. The highest BCUT2D eigenvalue weighted by atomic mass is 16.3. The van der Waals surface area contributed by atoms with Gasteiger partial charge in [-0.15, -0.1) is 0 Å². The van der Waals surface area contributed by atoms with Crippen LogP contribution in [-0.4, -0.2) is 48.0 Å². The highest BCUT2D eigenvalue weighted by molar-refractivity contribution is 5.99. The van der Waals surface area contributed by atoms with Crippen molar-refractivity contribution < 1.29 is 14.7 Å². The number of carbonyl (C=O) groups is 2. The van der Waals surface area contributed by atoms with Gasteiger partial charge in [-0.25, -0.2) is 0 Å². The van der Waals surface area contributed by atoms with Gasteiger partial charge in [-0.1, -0.05) is 36.4 Å². The predicted octanol–water partition coefficient (Wildman–Crippen LogP) is 1.96. The van der Waals surface area contributed by atoms with E-state index in [4.69, 9.17) is 5.73 Å². The highest BCUT2D eigenvalue weighted by Crippen LogP contribution is 2.20. The lowest BCUT2D eigenvalue weighted by Gasteiger charge is -2.33. The van der Waals surface area contributed by atoms with E-state index >= 15 is 0 Å². The van der Waals surface area contributed by atoms with Gasteiger partial charge >= 0.3 is 0 Å². The Balaban J connectivity index is 1.42. The number of β-amino-alcohol motifs (C(OH)–C–C–N with tert-alkyl or cyclic N) is 1. The number of nitrogens with zero attached hydrogens (tertiary/aromatic N) is 1. The number of benzene rings is 2. The van der Waals surface area contributed by atoms with Gasteiger partial charge in [-0.2, -0.15) is 0 Å². The summed E-state index contributed by atoms with van der Waals surface area (Å²) in [5.41, 5.74) is 6.98. The largest absolute Gasteiger partial charge is 0.387 e. The molecule has 1 unspecified atom stereocenters. The van der Waals surface area contributed by atoms with Gasteiger partial charge < -0.3 is 21.1 Å². The summed E-state index contributed by atoms with van der Waals surface area (Å²) >= 11 is 0. The minimum Gasteiger partial charge on any atom is -0.387 e. The maximum absolute atomic E-state index is 12.3. The van der Waals surface area contributed by atoms with E-state index in [0.29, 0.717) is 30.1 Å². The lowest BCUT2D eigenvalue weighted by molar-refractivity contribution is 0.0852. The van der Waals surface area contributed by atoms with E-state index in [1.807, 2.05) is 30.3 Å². The maximum Gasteiger partial charge on any atom is 0.251 e. The Labute approximate surface area is 165 Å². The highest BCUT2D eigenvalue weighted by Gasteiger charge is 2.22. The third kappa shape index (κ3) is 5.41. The Morgan fingerprint density at radius 2 is 1.75 bits per heavy atom. The summed E-state index contributed by atoms with van der Waals surface area (Å²) in [6.45, 7) is 3.04. The second kappa shape index (κ2) is 9.48. The first-order valence-electron chi connectivity index (χ1n) is 9.66. The standard InChI is InChI=1S/C22H27N3O3/c23-21(27)18-7-4-8-19(13-18)22(28)24-14-16-9-11-25(12-10-16)15-20(26)17-5-2-1-3-6-17/h1-8,13,16,20,26H,9-12,14-15H2,(H2,23,27)(H,24,28). The fourth-order valence-electron chi connectivity index (χ4n) is 3.55. The third-order valence-corrected chi connectivity index (χ3v) is 5.28. The summed E-state index contributed by atoms with van der Waals surface area (Å²) in [4.78, 5) is 25.8. The zero-order valence-corrected chi connectivity index (χ0v) is 15.9. The van der Waals surface area contributed by atoms with Crippen molar-refractivity contribution in [1.29, 1.82) is 0 Å². The first-order valence-corrected chi connectivity index (χ1v) is 9.66. The summed E-state index contributed by atoms with van der Waals surface area (Å²) in [5.74, 6) is -0.321. The van der Waals surface area contributed by atoms with Crippen molar-refractivity contribution in [2.24, 2.45) is 11.7 Å². The fourth-order valence-corrected chi connectivity index (χ4v) is 3.55. The van der Waals surface area contributed by atoms with E-state index in [9.17, 15) is 14.7 Å². The average Bonchev–Trinajstić information content (AvgIpc) is 2.73.